The molecule has 0 aromatic heterocycles. The molecule has 0 fully saturated rings. The maximum atomic E-state index is 11.7. The molecule has 2 unspecified atom stereocenters. The Labute approximate surface area is 125 Å². The van der Waals surface area contributed by atoms with Gasteiger partial charge in [0.2, 0.25) is 0 Å². The number of hydrogen-bond donors (Lipinski definition) is 0. The van der Waals surface area contributed by atoms with Gasteiger partial charge >= 0.3 is 5.97 Å². The number of unbranched alkanes of at least 4 members (excludes halogenated alkanes) is 3. The first kappa shape index (κ1) is 19.1. The van der Waals surface area contributed by atoms with E-state index in [0.717, 1.165) is 37.9 Å². The van der Waals surface area contributed by atoms with E-state index in [1.54, 1.807) is 0 Å². The molecule has 20 heavy (non-hydrogen) atoms. The second-order valence-corrected chi connectivity index (χ2v) is 5.54. The van der Waals surface area contributed by atoms with Crippen molar-refractivity contribution in [1.82, 2.24) is 0 Å². The van der Waals surface area contributed by atoms with Crippen molar-refractivity contribution in [3.05, 3.63) is 0 Å². The molecule has 0 aliphatic rings. The van der Waals surface area contributed by atoms with Crippen LogP contribution in [0.5, 0.6) is 0 Å². The van der Waals surface area contributed by atoms with Crippen molar-refractivity contribution in [1.29, 1.82) is 0 Å². The summed E-state index contributed by atoms with van der Waals surface area (Å²) in [7, 11) is 0. The van der Waals surface area contributed by atoms with Crippen molar-refractivity contribution in [3.8, 4) is 0 Å². The van der Waals surface area contributed by atoms with E-state index < -0.39 is 0 Å². The van der Waals surface area contributed by atoms with E-state index in [0.29, 0.717) is 6.42 Å². The molecule has 118 valence electrons. The van der Waals surface area contributed by atoms with Crippen LogP contribution in [0.1, 0.15) is 79.6 Å². The minimum Gasteiger partial charge on any atom is -0.462 e. The summed E-state index contributed by atoms with van der Waals surface area (Å²) in [5, 5.41) is 0. The van der Waals surface area contributed by atoms with Gasteiger partial charge < -0.3 is 4.74 Å². The predicted molar refractivity (Wildman–Crippen MR) is 86.4 cm³/mol. The zero-order chi connectivity index (χ0) is 15.4. The van der Waals surface area contributed by atoms with E-state index >= 15 is 0 Å². The second-order valence-electron chi connectivity index (χ2n) is 5.54. The smallest absolute Gasteiger partial charge is 0.306 e. The van der Waals surface area contributed by atoms with Crippen LogP contribution in [-0.2, 0) is 9.53 Å². The fourth-order valence-corrected chi connectivity index (χ4v) is 2.37. The van der Waals surface area contributed by atoms with Gasteiger partial charge in [0.1, 0.15) is 6.10 Å². The predicted octanol–water partition coefficient (Wildman–Crippen LogP) is 4.79. The highest BCUT2D eigenvalue weighted by Crippen LogP contribution is 2.16. The summed E-state index contributed by atoms with van der Waals surface area (Å²) in [6.45, 7) is 11.4. The number of hydrogen-bond acceptors (Lipinski definition) is 3. The van der Waals surface area contributed by atoms with Crippen LogP contribution in [-0.4, -0.2) is 24.3 Å². The summed E-state index contributed by atoms with van der Waals surface area (Å²) in [6, 6.07) is 0. The van der Waals surface area contributed by atoms with Gasteiger partial charge in [-0.05, 0) is 33.1 Å². The summed E-state index contributed by atoms with van der Waals surface area (Å²) in [5.41, 5.74) is 1.12. The highest BCUT2D eigenvalue weighted by molar-refractivity contribution is 5.85. The molecule has 0 rings (SSSR count). The molecule has 0 aromatic rings. The van der Waals surface area contributed by atoms with E-state index in [4.69, 9.17) is 4.74 Å². The number of nitrogens with zero attached hydrogens (tertiary/aromatic N) is 1. The number of aliphatic imine (C=N–C) groups is 1. The Morgan fingerprint density at radius 2 is 1.75 bits per heavy atom. The van der Waals surface area contributed by atoms with Crippen molar-refractivity contribution in [3.63, 3.8) is 0 Å². The highest BCUT2D eigenvalue weighted by atomic mass is 16.5. The summed E-state index contributed by atoms with van der Waals surface area (Å²) in [4.78, 5) is 16.3. The van der Waals surface area contributed by atoms with Gasteiger partial charge in [0.25, 0.3) is 0 Å². The minimum absolute atomic E-state index is 0.0701. The standard InChI is InChI=1S/C17H33NO2/c1-6-9-11-13-18-14(4)16(8-3)15(5)20-17(19)12-10-7-2/h15-16H,6-13H2,1-5H3. The molecule has 0 N–H and O–H groups in total. The van der Waals surface area contributed by atoms with Crippen molar-refractivity contribution < 1.29 is 9.53 Å². The maximum Gasteiger partial charge on any atom is 0.306 e. The lowest BCUT2D eigenvalue weighted by Gasteiger charge is -2.23. The Bertz CT molecular complexity index is 287. The van der Waals surface area contributed by atoms with Gasteiger partial charge in [-0.3, -0.25) is 9.79 Å². The Kier molecular flexibility index (Phi) is 11.4. The molecule has 2 atom stereocenters. The summed E-state index contributed by atoms with van der Waals surface area (Å²) in [5.74, 6) is 0.179. The van der Waals surface area contributed by atoms with E-state index in [-0.39, 0.29) is 18.0 Å². The van der Waals surface area contributed by atoms with Crippen molar-refractivity contribution in [2.24, 2.45) is 10.9 Å². The first-order valence-electron chi connectivity index (χ1n) is 8.27. The fraction of sp³-hybridized carbons (Fsp3) is 0.882. The number of esters is 1. The third kappa shape index (κ3) is 8.34. The number of ether oxygens (including phenoxy) is 1. The molecule has 0 aromatic carbocycles. The SMILES string of the molecule is CCCCCN=C(C)C(CC)C(C)OC(=O)CCCC. The Morgan fingerprint density at radius 1 is 1.10 bits per heavy atom. The summed E-state index contributed by atoms with van der Waals surface area (Å²) in [6.07, 6.45) is 6.96. The molecule has 0 saturated carbocycles. The van der Waals surface area contributed by atoms with Gasteiger partial charge in [0.05, 0.1) is 0 Å². The molecule has 0 radical (unpaired) electrons. The fourth-order valence-electron chi connectivity index (χ4n) is 2.37. The lowest BCUT2D eigenvalue weighted by Crippen LogP contribution is -2.29. The van der Waals surface area contributed by atoms with Crippen LogP contribution < -0.4 is 0 Å². The van der Waals surface area contributed by atoms with E-state index in [1.165, 1.54) is 12.8 Å². The van der Waals surface area contributed by atoms with Gasteiger partial charge in [-0.2, -0.15) is 0 Å². The Hall–Kier alpha value is -0.860. The average molecular weight is 283 g/mol. The first-order valence-corrected chi connectivity index (χ1v) is 8.27. The van der Waals surface area contributed by atoms with Gasteiger partial charge in [-0.1, -0.05) is 40.0 Å². The van der Waals surface area contributed by atoms with Gasteiger partial charge in [-0.25, -0.2) is 0 Å². The van der Waals surface area contributed by atoms with Crippen LogP contribution in [0, 0.1) is 5.92 Å². The number of carbonyl (C=O) groups excluding carboxylic acids is 1. The largest absolute Gasteiger partial charge is 0.462 e. The summed E-state index contributed by atoms with van der Waals surface area (Å²) >= 11 is 0. The highest BCUT2D eigenvalue weighted by Gasteiger charge is 2.21. The molecule has 0 aliphatic heterocycles. The lowest BCUT2D eigenvalue weighted by atomic mass is 9.95. The zero-order valence-electron chi connectivity index (χ0n) is 14.1. The van der Waals surface area contributed by atoms with Crippen LogP contribution >= 0.6 is 0 Å². The van der Waals surface area contributed by atoms with E-state index in [9.17, 15) is 4.79 Å². The number of carbonyl (C=O) groups is 1. The average Bonchev–Trinajstić information content (AvgIpc) is 2.42. The molecule has 3 nitrogen and oxygen atoms in total. The Balaban J connectivity index is 4.30. The van der Waals surface area contributed by atoms with E-state index in [1.807, 2.05) is 6.92 Å². The van der Waals surface area contributed by atoms with Crippen LogP contribution in [0.15, 0.2) is 4.99 Å². The topological polar surface area (TPSA) is 38.7 Å². The van der Waals surface area contributed by atoms with Crippen molar-refractivity contribution in [2.75, 3.05) is 6.54 Å². The molecular weight excluding hydrogens is 250 g/mol. The van der Waals surface area contributed by atoms with Crippen LogP contribution in [0.25, 0.3) is 0 Å². The van der Waals surface area contributed by atoms with Crippen LogP contribution in [0.2, 0.25) is 0 Å². The quantitative estimate of drug-likeness (QED) is 0.311. The van der Waals surface area contributed by atoms with Crippen LogP contribution in [0.4, 0.5) is 0 Å². The molecule has 0 spiro atoms. The minimum atomic E-state index is -0.0726. The van der Waals surface area contributed by atoms with Crippen molar-refractivity contribution >= 4 is 11.7 Å². The molecule has 0 aliphatic carbocycles. The normalized spacial score (nSPS) is 14.9. The van der Waals surface area contributed by atoms with E-state index in [2.05, 4.69) is 32.7 Å². The third-order valence-electron chi connectivity index (χ3n) is 3.72. The lowest BCUT2D eigenvalue weighted by molar-refractivity contribution is -0.149. The second kappa shape index (κ2) is 11.9. The van der Waals surface area contributed by atoms with Gasteiger partial charge in [0, 0.05) is 24.6 Å². The molecule has 0 amide bonds. The van der Waals surface area contributed by atoms with Crippen molar-refractivity contribution in [2.45, 2.75) is 85.7 Å². The molecule has 0 bridgehead atoms. The number of rotatable bonds is 11. The molecular formula is C17H33NO2. The van der Waals surface area contributed by atoms with Gasteiger partial charge in [-0.15, -0.1) is 0 Å². The first-order chi connectivity index (χ1) is 9.56. The maximum absolute atomic E-state index is 11.7. The summed E-state index contributed by atoms with van der Waals surface area (Å²) < 4.78 is 5.53. The molecule has 3 heteroatoms. The van der Waals surface area contributed by atoms with Crippen LogP contribution in [0.3, 0.4) is 0 Å². The monoisotopic (exact) mass is 283 g/mol. The molecule has 0 heterocycles. The zero-order valence-corrected chi connectivity index (χ0v) is 14.1. The Morgan fingerprint density at radius 3 is 2.30 bits per heavy atom. The molecule has 0 saturated heterocycles. The van der Waals surface area contributed by atoms with Gasteiger partial charge in [0.15, 0.2) is 0 Å². The third-order valence-corrected chi connectivity index (χ3v) is 3.72.